The molecule has 0 bridgehead atoms. The van der Waals surface area contributed by atoms with Crippen LogP contribution in [0.25, 0.3) is 0 Å². The third kappa shape index (κ3) is 7.46. The van der Waals surface area contributed by atoms with Gasteiger partial charge in [0.15, 0.2) is 0 Å². The van der Waals surface area contributed by atoms with E-state index in [1.54, 1.807) is 0 Å². The van der Waals surface area contributed by atoms with E-state index in [-0.39, 0.29) is 0 Å². The third-order valence-corrected chi connectivity index (χ3v) is 2.87. The zero-order chi connectivity index (χ0) is 14.6. The number of aromatic nitrogens is 1. The largest absolute Gasteiger partial charge is 0.475 e. The van der Waals surface area contributed by atoms with Crippen LogP contribution in [0.1, 0.15) is 44.4 Å². The van der Waals surface area contributed by atoms with Gasteiger partial charge in [-0.15, -0.1) is 0 Å². The summed E-state index contributed by atoms with van der Waals surface area (Å²) in [6, 6.07) is 4.09. The minimum atomic E-state index is 0.558. The van der Waals surface area contributed by atoms with Gasteiger partial charge in [0, 0.05) is 24.9 Å². The van der Waals surface area contributed by atoms with Crippen LogP contribution in [0.5, 0.6) is 5.88 Å². The molecule has 0 unspecified atom stereocenters. The predicted molar refractivity (Wildman–Crippen MR) is 82.2 cm³/mol. The number of hydrogen-bond donors (Lipinski definition) is 1. The van der Waals surface area contributed by atoms with E-state index in [4.69, 9.17) is 9.47 Å². The first-order valence-electron chi connectivity index (χ1n) is 7.65. The van der Waals surface area contributed by atoms with Crippen molar-refractivity contribution in [1.82, 2.24) is 10.3 Å². The summed E-state index contributed by atoms with van der Waals surface area (Å²) in [6.07, 6.45) is 3.41. The maximum atomic E-state index is 5.65. The lowest BCUT2D eigenvalue weighted by Gasteiger charge is -2.09. The highest BCUT2D eigenvalue weighted by Gasteiger charge is 2.01. The van der Waals surface area contributed by atoms with Gasteiger partial charge in [-0.1, -0.05) is 20.3 Å². The number of aryl methyl sites for hydroxylation is 1. The fourth-order valence-corrected chi connectivity index (χ4v) is 1.85. The zero-order valence-corrected chi connectivity index (χ0v) is 13.1. The van der Waals surface area contributed by atoms with Crippen LogP contribution in [0.3, 0.4) is 0 Å². The van der Waals surface area contributed by atoms with Gasteiger partial charge >= 0.3 is 0 Å². The number of ether oxygens (including phenoxy) is 2. The summed E-state index contributed by atoms with van der Waals surface area (Å²) in [5.41, 5.74) is 2.20. The normalized spacial score (nSPS) is 10.8. The highest BCUT2D eigenvalue weighted by molar-refractivity contribution is 5.24. The van der Waals surface area contributed by atoms with E-state index in [0.29, 0.717) is 19.1 Å². The molecule has 0 saturated carbocycles. The lowest BCUT2D eigenvalue weighted by atomic mass is 10.2. The Kier molecular flexibility index (Phi) is 9.00. The Bertz CT molecular complexity index is 369. The highest BCUT2D eigenvalue weighted by atomic mass is 16.5. The van der Waals surface area contributed by atoms with Crippen LogP contribution < -0.4 is 10.1 Å². The molecule has 1 N–H and O–H groups in total. The summed E-state index contributed by atoms with van der Waals surface area (Å²) in [6.45, 7) is 10.2. The van der Waals surface area contributed by atoms with Crippen molar-refractivity contribution in [2.24, 2.45) is 0 Å². The average Bonchev–Trinajstić information content (AvgIpc) is 2.42. The molecule has 0 saturated heterocycles. The molecule has 20 heavy (non-hydrogen) atoms. The van der Waals surface area contributed by atoms with Gasteiger partial charge in [0.05, 0.1) is 6.61 Å². The minimum absolute atomic E-state index is 0.558. The van der Waals surface area contributed by atoms with Crippen molar-refractivity contribution in [1.29, 1.82) is 0 Å². The fourth-order valence-electron chi connectivity index (χ4n) is 1.85. The standard InChI is InChI=1S/C16H28N2O2/c1-4-6-8-19-9-10-20-16-12-15(11-14(3)18-16)13-17-7-5-2/h11-12,17H,4-10,13H2,1-3H3. The smallest absolute Gasteiger partial charge is 0.213 e. The molecule has 114 valence electrons. The van der Waals surface area contributed by atoms with Gasteiger partial charge in [-0.3, -0.25) is 0 Å². The van der Waals surface area contributed by atoms with Crippen LogP contribution in [0.2, 0.25) is 0 Å². The summed E-state index contributed by atoms with van der Waals surface area (Å²) < 4.78 is 11.1. The Labute approximate surface area is 122 Å². The van der Waals surface area contributed by atoms with Crippen LogP contribution in [0.15, 0.2) is 12.1 Å². The molecule has 1 rings (SSSR count). The van der Waals surface area contributed by atoms with E-state index >= 15 is 0 Å². The topological polar surface area (TPSA) is 43.4 Å². The molecule has 0 spiro atoms. The van der Waals surface area contributed by atoms with Crippen molar-refractivity contribution < 1.29 is 9.47 Å². The van der Waals surface area contributed by atoms with Crippen LogP contribution in [0, 0.1) is 6.92 Å². The van der Waals surface area contributed by atoms with Gasteiger partial charge in [-0.05, 0) is 37.9 Å². The van der Waals surface area contributed by atoms with Gasteiger partial charge in [0.2, 0.25) is 5.88 Å². The van der Waals surface area contributed by atoms with E-state index in [1.807, 2.05) is 13.0 Å². The number of hydrogen-bond acceptors (Lipinski definition) is 4. The van der Waals surface area contributed by atoms with Crippen molar-refractivity contribution >= 4 is 0 Å². The lowest BCUT2D eigenvalue weighted by Crippen LogP contribution is -2.14. The molecule has 0 fully saturated rings. The molecule has 0 aliphatic carbocycles. The number of nitrogens with one attached hydrogen (secondary N) is 1. The summed E-state index contributed by atoms with van der Waals surface area (Å²) in [5.74, 6) is 0.692. The van der Waals surface area contributed by atoms with E-state index in [1.165, 1.54) is 5.56 Å². The summed E-state index contributed by atoms with van der Waals surface area (Å²) in [7, 11) is 0. The molecule has 4 heteroatoms. The Morgan fingerprint density at radius 1 is 1.10 bits per heavy atom. The monoisotopic (exact) mass is 280 g/mol. The van der Waals surface area contributed by atoms with E-state index in [0.717, 1.165) is 44.7 Å². The van der Waals surface area contributed by atoms with E-state index in [2.05, 4.69) is 30.2 Å². The zero-order valence-electron chi connectivity index (χ0n) is 13.1. The van der Waals surface area contributed by atoms with Crippen molar-refractivity contribution in [3.05, 3.63) is 23.4 Å². The first-order chi connectivity index (χ1) is 9.76. The van der Waals surface area contributed by atoms with Crippen molar-refractivity contribution in [3.8, 4) is 5.88 Å². The van der Waals surface area contributed by atoms with Gasteiger partial charge < -0.3 is 14.8 Å². The average molecular weight is 280 g/mol. The van der Waals surface area contributed by atoms with Crippen LogP contribution in [-0.2, 0) is 11.3 Å². The maximum absolute atomic E-state index is 5.65. The summed E-state index contributed by atoms with van der Waals surface area (Å²) >= 11 is 0. The van der Waals surface area contributed by atoms with Gasteiger partial charge in [-0.2, -0.15) is 0 Å². The lowest BCUT2D eigenvalue weighted by molar-refractivity contribution is 0.0964. The molecule has 0 radical (unpaired) electrons. The van der Waals surface area contributed by atoms with Gasteiger partial charge in [-0.25, -0.2) is 4.98 Å². The number of nitrogens with zero attached hydrogens (tertiary/aromatic N) is 1. The Balaban J connectivity index is 2.33. The van der Waals surface area contributed by atoms with Gasteiger partial charge in [0.25, 0.3) is 0 Å². The van der Waals surface area contributed by atoms with Crippen LogP contribution >= 0.6 is 0 Å². The van der Waals surface area contributed by atoms with Crippen LogP contribution in [-0.4, -0.2) is 31.3 Å². The minimum Gasteiger partial charge on any atom is -0.475 e. The molecule has 0 aliphatic rings. The van der Waals surface area contributed by atoms with E-state index in [9.17, 15) is 0 Å². The molecular formula is C16H28N2O2. The maximum Gasteiger partial charge on any atom is 0.213 e. The first-order valence-corrected chi connectivity index (χ1v) is 7.65. The van der Waals surface area contributed by atoms with Crippen LogP contribution in [0.4, 0.5) is 0 Å². The first kappa shape index (κ1) is 16.9. The molecule has 0 aliphatic heterocycles. The molecule has 0 atom stereocenters. The van der Waals surface area contributed by atoms with Crippen molar-refractivity contribution in [2.45, 2.75) is 46.6 Å². The van der Waals surface area contributed by atoms with Crippen molar-refractivity contribution in [2.75, 3.05) is 26.4 Å². The van der Waals surface area contributed by atoms with E-state index < -0.39 is 0 Å². The number of unbranched alkanes of at least 4 members (excludes halogenated alkanes) is 1. The molecule has 4 nitrogen and oxygen atoms in total. The number of pyridine rings is 1. The molecule has 1 aromatic heterocycles. The molecule has 1 heterocycles. The molecular weight excluding hydrogens is 252 g/mol. The number of rotatable bonds is 11. The molecule has 1 aromatic rings. The Morgan fingerprint density at radius 3 is 2.70 bits per heavy atom. The second-order valence-corrected chi connectivity index (χ2v) is 4.95. The highest BCUT2D eigenvalue weighted by Crippen LogP contribution is 2.12. The SMILES string of the molecule is CCCCOCCOc1cc(CNCCC)cc(C)n1. The second-order valence-electron chi connectivity index (χ2n) is 4.95. The predicted octanol–water partition coefficient (Wildman–Crippen LogP) is 3.09. The Morgan fingerprint density at radius 2 is 1.95 bits per heavy atom. The fraction of sp³-hybridized carbons (Fsp3) is 0.688. The van der Waals surface area contributed by atoms with Gasteiger partial charge in [0.1, 0.15) is 6.61 Å². The molecule has 0 amide bonds. The second kappa shape index (κ2) is 10.6. The van der Waals surface area contributed by atoms with Crippen molar-refractivity contribution in [3.63, 3.8) is 0 Å². The molecule has 0 aromatic carbocycles. The summed E-state index contributed by atoms with van der Waals surface area (Å²) in [5, 5.41) is 3.39. The Hall–Kier alpha value is -1.13. The third-order valence-electron chi connectivity index (χ3n) is 2.87. The summed E-state index contributed by atoms with van der Waals surface area (Å²) in [4.78, 5) is 4.39. The quantitative estimate of drug-likeness (QED) is 0.633.